The van der Waals surface area contributed by atoms with E-state index < -0.39 is 0 Å². The lowest BCUT2D eigenvalue weighted by Crippen LogP contribution is -2.38. The molecule has 0 aliphatic heterocycles. The van der Waals surface area contributed by atoms with Crippen molar-refractivity contribution in [3.63, 3.8) is 0 Å². The third-order valence-corrected chi connectivity index (χ3v) is 4.34. The molecule has 0 aromatic carbocycles. The molecule has 0 radical (unpaired) electrons. The zero-order valence-electron chi connectivity index (χ0n) is 18.8. The van der Waals surface area contributed by atoms with E-state index in [0.29, 0.717) is 31.2 Å². The predicted octanol–water partition coefficient (Wildman–Crippen LogP) is 3.29. The Balaban J connectivity index is 0.00000450. The van der Waals surface area contributed by atoms with Crippen LogP contribution in [0.3, 0.4) is 0 Å². The minimum atomic E-state index is -0.0975. The van der Waals surface area contributed by atoms with Gasteiger partial charge < -0.3 is 15.5 Å². The van der Waals surface area contributed by atoms with Gasteiger partial charge in [0.1, 0.15) is 5.82 Å². The molecule has 2 N–H and O–H groups in total. The number of aliphatic imine (C=N–C) groups is 1. The highest BCUT2D eigenvalue weighted by atomic mass is 127. The average Bonchev–Trinajstić information content (AvgIpc) is 3.01. The second kappa shape index (κ2) is 12.5. The first kappa shape index (κ1) is 25.9. The molecule has 2 aromatic rings. The quantitative estimate of drug-likeness (QED) is 0.313. The van der Waals surface area contributed by atoms with Crippen LogP contribution in [0.2, 0.25) is 0 Å². The molecule has 166 valence electrons. The molecule has 9 heteroatoms. The number of nitrogens with one attached hydrogen (secondary N) is 2. The summed E-state index contributed by atoms with van der Waals surface area (Å²) in [6.07, 6.45) is 2.35. The monoisotopic (exact) mass is 527 g/mol. The summed E-state index contributed by atoms with van der Waals surface area (Å²) in [6, 6.07) is 5.55. The van der Waals surface area contributed by atoms with E-state index >= 15 is 0 Å². The fourth-order valence-electron chi connectivity index (χ4n) is 3.04. The maximum atomic E-state index is 12.2. The molecule has 0 aliphatic rings. The van der Waals surface area contributed by atoms with Gasteiger partial charge in [-0.05, 0) is 31.9 Å². The predicted molar refractivity (Wildman–Crippen MR) is 132 cm³/mol. The Labute approximate surface area is 196 Å². The van der Waals surface area contributed by atoms with Crippen LogP contribution in [0.1, 0.15) is 50.1 Å². The molecule has 0 aliphatic carbocycles. The van der Waals surface area contributed by atoms with E-state index in [2.05, 4.69) is 50.7 Å². The molecule has 1 amide bonds. The van der Waals surface area contributed by atoms with E-state index in [9.17, 15) is 4.79 Å². The van der Waals surface area contributed by atoms with Gasteiger partial charge in [-0.1, -0.05) is 19.9 Å². The maximum absolute atomic E-state index is 12.2. The van der Waals surface area contributed by atoms with E-state index in [0.717, 1.165) is 23.9 Å². The standard InChI is InChI=1S/C21H33N7O.HI/c1-7-22-21(27(5)13-17-14-28(6)26-20(17)15(2)3)23-12-11-19(29)25-18-10-8-9-16(4)24-18;/h8-10,14-15H,7,11-13H2,1-6H3,(H,22,23)(H,24,25,29);1H. The second-order valence-corrected chi connectivity index (χ2v) is 7.42. The van der Waals surface area contributed by atoms with Gasteiger partial charge in [0.25, 0.3) is 0 Å². The highest BCUT2D eigenvalue weighted by Gasteiger charge is 2.15. The van der Waals surface area contributed by atoms with E-state index in [1.165, 1.54) is 5.56 Å². The molecule has 2 aromatic heterocycles. The number of hydrogen-bond acceptors (Lipinski definition) is 4. The van der Waals surface area contributed by atoms with Crippen LogP contribution >= 0.6 is 24.0 Å². The molecule has 30 heavy (non-hydrogen) atoms. The number of amides is 1. The van der Waals surface area contributed by atoms with Gasteiger partial charge in [-0.3, -0.25) is 14.5 Å². The summed E-state index contributed by atoms with van der Waals surface area (Å²) in [4.78, 5) is 23.1. The number of guanidine groups is 1. The van der Waals surface area contributed by atoms with E-state index in [-0.39, 0.29) is 29.9 Å². The summed E-state index contributed by atoms with van der Waals surface area (Å²) in [5.74, 6) is 1.60. The number of aromatic nitrogens is 3. The Morgan fingerprint density at radius 3 is 2.70 bits per heavy atom. The molecule has 0 saturated heterocycles. The van der Waals surface area contributed by atoms with Gasteiger partial charge in [0, 0.05) is 51.1 Å². The molecular weight excluding hydrogens is 493 g/mol. The van der Waals surface area contributed by atoms with Crippen LogP contribution in [-0.2, 0) is 18.4 Å². The van der Waals surface area contributed by atoms with Gasteiger partial charge in [0.15, 0.2) is 5.96 Å². The molecule has 0 fully saturated rings. The lowest BCUT2D eigenvalue weighted by atomic mass is 10.1. The Hall–Kier alpha value is -2.17. The Morgan fingerprint density at radius 2 is 2.07 bits per heavy atom. The topological polar surface area (TPSA) is 87.4 Å². The number of carbonyl (C=O) groups is 1. The first-order valence-corrected chi connectivity index (χ1v) is 10.1. The van der Waals surface area contributed by atoms with Gasteiger partial charge in [0.05, 0.1) is 12.2 Å². The molecule has 0 saturated carbocycles. The summed E-state index contributed by atoms with van der Waals surface area (Å²) >= 11 is 0. The number of pyridine rings is 1. The largest absolute Gasteiger partial charge is 0.357 e. The smallest absolute Gasteiger partial charge is 0.227 e. The summed E-state index contributed by atoms with van der Waals surface area (Å²) in [5.41, 5.74) is 3.15. The summed E-state index contributed by atoms with van der Waals surface area (Å²) < 4.78 is 1.85. The van der Waals surface area contributed by atoms with Crippen LogP contribution in [0.4, 0.5) is 5.82 Å². The summed E-state index contributed by atoms with van der Waals surface area (Å²) in [7, 11) is 3.94. The fraction of sp³-hybridized carbons (Fsp3) is 0.524. The van der Waals surface area contributed by atoms with Gasteiger partial charge in [-0.2, -0.15) is 5.10 Å². The molecule has 0 atom stereocenters. The van der Waals surface area contributed by atoms with Gasteiger partial charge >= 0.3 is 0 Å². The number of rotatable bonds is 8. The average molecular weight is 527 g/mol. The Morgan fingerprint density at radius 1 is 1.33 bits per heavy atom. The number of carbonyl (C=O) groups excluding carboxylic acids is 1. The number of nitrogens with zero attached hydrogens (tertiary/aromatic N) is 5. The molecule has 2 heterocycles. The van der Waals surface area contributed by atoms with E-state index in [1.807, 2.05) is 44.8 Å². The first-order chi connectivity index (χ1) is 13.8. The molecule has 0 bridgehead atoms. The number of aryl methyl sites for hydroxylation is 2. The first-order valence-electron chi connectivity index (χ1n) is 10.1. The van der Waals surface area contributed by atoms with Crippen LogP contribution < -0.4 is 10.6 Å². The van der Waals surface area contributed by atoms with Crippen LogP contribution in [0.25, 0.3) is 0 Å². The van der Waals surface area contributed by atoms with Crippen molar-refractivity contribution in [1.29, 1.82) is 0 Å². The van der Waals surface area contributed by atoms with Crippen molar-refractivity contribution in [2.75, 3.05) is 25.5 Å². The van der Waals surface area contributed by atoms with Gasteiger partial charge in [-0.15, -0.1) is 24.0 Å². The lowest BCUT2D eigenvalue weighted by Gasteiger charge is -2.22. The second-order valence-electron chi connectivity index (χ2n) is 7.42. The SMILES string of the molecule is CCNC(=NCCC(=O)Nc1cccc(C)n1)N(C)Cc1cn(C)nc1C(C)C.I. The van der Waals surface area contributed by atoms with Crippen molar-refractivity contribution in [3.05, 3.63) is 41.3 Å². The lowest BCUT2D eigenvalue weighted by molar-refractivity contribution is -0.116. The molecule has 8 nitrogen and oxygen atoms in total. The molecule has 2 rings (SSSR count). The van der Waals surface area contributed by atoms with E-state index in [4.69, 9.17) is 0 Å². The Bertz CT molecular complexity index is 848. The van der Waals surface area contributed by atoms with Crippen LogP contribution in [0.15, 0.2) is 29.4 Å². The van der Waals surface area contributed by atoms with Crippen molar-refractivity contribution < 1.29 is 4.79 Å². The zero-order valence-corrected chi connectivity index (χ0v) is 21.1. The summed E-state index contributed by atoms with van der Waals surface area (Å²) in [6.45, 7) is 10.1. The number of hydrogen-bond donors (Lipinski definition) is 2. The number of anilines is 1. The van der Waals surface area contributed by atoms with Gasteiger partial charge in [-0.25, -0.2) is 4.98 Å². The van der Waals surface area contributed by atoms with Crippen molar-refractivity contribution >= 4 is 41.7 Å². The van der Waals surface area contributed by atoms with Crippen molar-refractivity contribution in [2.24, 2.45) is 12.0 Å². The zero-order chi connectivity index (χ0) is 21.4. The van der Waals surface area contributed by atoms with Crippen molar-refractivity contribution in [2.45, 2.75) is 46.6 Å². The van der Waals surface area contributed by atoms with Crippen LogP contribution in [-0.4, -0.2) is 51.7 Å². The highest BCUT2D eigenvalue weighted by Crippen LogP contribution is 2.18. The molecular formula is C21H34IN7O. The minimum Gasteiger partial charge on any atom is -0.357 e. The van der Waals surface area contributed by atoms with E-state index in [1.54, 1.807) is 6.07 Å². The highest BCUT2D eigenvalue weighted by molar-refractivity contribution is 14.0. The summed E-state index contributed by atoms with van der Waals surface area (Å²) in [5, 5.41) is 10.7. The van der Waals surface area contributed by atoms with Gasteiger partial charge in [0.2, 0.25) is 5.91 Å². The van der Waals surface area contributed by atoms with Crippen LogP contribution in [0.5, 0.6) is 0 Å². The molecule has 0 unspecified atom stereocenters. The third kappa shape index (κ3) is 7.92. The fourth-order valence-corrected chi connectivity index (χ4v) is 3.04. The normalized spacial score (nSPS) is 11.2. The maximum Gasteiger partial charge on any atom is 0.227 e. The minimum absolute atomic E-state index is 0. The van der Waals surface area contributed by atoms with Crippen molar-refractivity contribution in [1.82, 2.24) is 25.0 Å². The number of halogens is 1. The van der Waals surface area contributed by atoms with Crippen LogP contribution in [0, 0.1) is 6.92 Å². The molecule has 0 spiro atoms. The Kier molecular flexibility index (Phi) is 10.8. The van der Waals surface area contributed by atoms with Crippen molar-refractivity contribution in [3.8, 4) is 0 Å². The third-order valence-electron chi connectivity index (χ3n) is 4.34.